The van der Waals surface area contributed by atoms with Gasteiger partial charge in [0.15, 0.2) is 6.10 Å². The molecule has 0 saturated heterocycles. The Morgan fingerprint density at radius 2 is 1.58 bits per heavy atom. The number of nitrogens with one attached hydrogen (secondary N) is 1. The van der Waals surface area contributed by atoms with Crippen molar-refractivity contribution in [1.29, 1.82) is 0 Å². The molecule has 0 aliphatic rings. The molecule has 0 saturated carbocycles. The van der Waals surface area contributed by atoms with Gasteiger partial charge in [-0.05, 0) is 52.9 Å². The molecule has 0 spiro atoms. The van der Waals surface area contributed by atoms with E-state index in [4.69, 9.17) is 4.74 Å². The van der Waals surface area contributed by atoms with Gasteiger partial charge in [-0.15, -0.1) is 0 Å². The molecule has 0 aliphatic carbocycles. The lowest BCUT2D eigenvalue weighted by Gasteiger charge is -2.20. The average molecular weight is 347 g/mol. The molecule has 3 aromatic carbocycles. The molecule has 26 heavy (non-hydrogen) atoms. The number of ether oxygens (including phenoxy) is 1. The highest BCUT2D eigenvalue weighted by molar-refractivity contribution is 5.96. The molecule has 134 valence electrons. The van der Waals surface area contributed by atoms with Gasteiger partial charge in [-0.1, -0.05) is 63.2 Å². The molecule has 0 aromatic heterocycles. The first-order valence-electron chi connectivity index (χ1n) is 8.90. The third kappa shape index (κ3) is 4.23. The van der Waals surface area contributed by atoms with E-state index in [1.54, 1.807) is 6.92 Å². The van der Waals surface area contributed by atoms with Crippen LogP contribution < -0.4 is 10.1 Å². The topological polar surface area (TPSA) is 38.3 Å². The van der Waals surface area contributed by atoms with Crippen LogP contribution in [0.3, 0.4) is 0 Å². The van der Waals surface area contributed by atoms with Gasteiger partial charge in [0, 0.05) is 5.69 Å². The summed E-state index contributed by atoms with van der Waals surface area (Å²) in [7, 11) is 0. The van der Waals surface area contributed by atoms with Gasteiger partial charge in [0.05, 0.1) is 0 Å². The summed E-state index contributed by atoms with van der Waals surface area (Å²) in [5.74, 6) is 0.527. The fourth-order valence-corrected chi connectivity index (χ4v) is 2.80. The van der Waals surface area contributed by atoms with Crippen molar-refractivity contribution in [2.75, 3.05) is 5.32 Å². The van der Waals surface area contributed by atoms with E-state index in [1.807, 2.05) is 66.7 Å². The van der Waals surface area contributed by atoms with Gasteiger partial charge in [0.2, 0.25) is 0 Å². The highest BCUT2D eigenvalue weighted by Crippen LogP contribution is 2.25. The number of benzene rings is 3. The second-order valence-corrected chi connectivity index (χ2v) is 7.59. The maximum Gasteiger partial charge on any atom is 0.265 e. The Morgan fingerprint density at radius 3 is 2.23 bits per heavy atom. The third-order valence-electron chi connectivity index (χ3n) is 4.42. The number of rotatable bonds is 4. The zero-order valence-electron chi connectivity index (χ0n) is 15.7. The zero-order chi connectivity index (χ0) is 18.7. The van der Waals surface area contributed by atoms with Crippen molar-refractivity contribution in [3.05, 3.63) is 72.3 Å². The highest BCUT2D eigenvalue weighted by Gasteiger charge is 2.17. The summed E-state index contributed by atoms with van der Waals surface area (Å²) in [6.07, 6.45) is -0.582. The normalized spacial score (nSPS) is 12.6. The van der Waals surface area contributed by atoms with Crippen LogP contribution in [0.2, 0.25) is 0 Å². The van der Waals surface area contributed by atoms with Crippen LogP contribution in [0.4, 0.5) is 5.69 Å². The number of anilines is 1. The average Bonchev–Trinajstić information content (AvgIpc) is 2.61. The van der Waals surface area contributed by atoms with E-state index in [1.165, 1.54) is 5.56 Å². The molecule has 0 unspecified atom stereocenters. The summed E-state index contributed by atoms with van der Waals surface area (Å²) in [5, 5.41) is 5.17. The first-order valence-corrected chi connectivity index (χ1v) is 8.90. The minimum atomic E-state index is -0.582. The Labute approximate surface area is 155 Å². The minimum absolute atomic E-state index is 0.0948. The fourth-order valence-electron chi connectivity index (χ4n) is 2.80. The molecule has 3 aromatic rings. The molecule has 0 radical (unpaired) electrons. The summed E-state index contributed by atoms with van der Waals surface area (Å²) in [4.78, 5) is 12.4. The van der Waals surface area contributed by atoms with Gasteiger partial charge in [-0.2, -0.15) is 0 Å². The van der Waals surface area contributed by atoms with Crippen LogP contribution in [0.1, 0.15) is 33.3 Å². The maximum absolute atomic E-state index is 12.4. The van der Waals surface area contributed by atoms with E-state index < -0.39 is 6.10 Å². The molecule has 0 aliphatic heterocycles. The lowest BCUT2D eigenvalue weighted by Crippen LogP contribution is -2.30. The molecule has 3 heteroatoms. The summed E-state index contributed by atoms with van der Waals surface area (Å²) in [5.41, 5.74) is 2.10. The standard InChI is InChI=1S/C23H25NO2/c1-16(26-21-13-10-19(11-14-21)23(2,3)4)22(25)24-20-12-9-17-7-5-6-8-18(17)15-20/h5-16H,1-4H3,(H,24,25)/t16-/m0/s1. The predicted molar refractivity (Wildman–Crippen MR) is 108 cm³/mol. The van der Waals surface area contributed by atoms with E-state index in [2.05, 4.69) is 26.1 Å². The van der Waals surface area contributed by atoms with Crippen LogP contribution in [0.15, 0.2) is 66.7 Å². The molecule has 0 fully saturated rings. The lowest BCUT2D eigenvalue weighted by atomic mass is 9.87. The Morgan fingerprint density at radius 1 is 0.923 bits per heavy atom. The molecule has 3 nitrogen and oxygen atoms in total. The molecule has 1 N–H and O–H groups in total. The number of hydrogen-bond donors (Lipinski definition) is 1. The van der Waals surface area contributed by atoms with Crippen molar-refractivity contribution in [3.8, 4) is 5.75 Å². The number of hydrogen-bond acceptors (Lipinski definition) is 2. The van der Waals surface area contributed by atoms with E-state index >= 15 is 0 Å². The number of carbonyl (C=O) groups is 1. The van der Waals surface area contributed by atoms with Crippen LogP contribution in [-0.4, -0.2) is 12.0 Å². The zero-order valence-corrected chi connectivity index (χ0v) is 15.7. The van der Waals surface area contributed by atoms with E-state index in [0.717, 1.165) is 16.5 Å². The monoisotopic (exact) mass is 347 g/mol. The van der Waals surface area contributed by atoms with Crippen LogP contribution >= 0.6 is 0 Å². The van der Waals surface area contributed by atoms with Crippen LogP contribution in [0, 0.1) is 0 Å². The Hall–Kier alpha value is -2.81. The molecule has 3 rings (SSSR count). The highest BCUT2D eigenvalue weighted by atomic mass is 16.5. The van der Waals surface area contributed by atoms with Crippen molar-refractivity contribution >= 4 is 22.4 Å². The largest absolute Gasteiger partial charge is 0.481 e. The Bertz CT molecular complexity index is 907. The van der Waals surface area contributed by atoms with Gasteiger partial charge in [0.25, 0.3) is 5.91 Å². The first kappa shape index (κ1) is 18.0. The van der Waals surface area contributed by atoms with Crippen molar-refractivity contribution in [2.45, 2.75) is 39.2 Å². The summed E-state index contributed by atoms with van der Waals surface area (Å²) in [6, 6.07) is 21.9. The lowest BCUT2D eigenvalue weighted by molar-refractivity contribution is -0.122. The predicted octanol–water partition coefficient (Wildman–Crippen LogP) is 5.54. The molecule has 1 amide bonds. The summed E-state index contributed by atoms with van der Waals surface area (Å²) in [6.45, 7) is 8.27. The van der Waals surface area contributed by atoms with Crippen LogP contribution in [0.25, 0.3) is 10.8 Å². The van der Waals surface area contributed by atoms with Crippen LogP contribution in [-0.2, 0) is 10.2 Å². The van der Waals surface area contributed by atoms with Crippen molar-refractivity contribution in [3.63, 3.8) is 0 Å². The second-order valence-electron chi connectivity index (χ2n) is 7.59. The smallest absolute Gasteiger partial charge is 0.265 e. The van der Waals surface area contributed by atoms with Crippen molar-refractivity contribution in [2.24, 2.45) is 0 Å². The van der Waals surface area contributed by atoms with Crippen LogP contribution in [0.5, 0.6) is 5.75 Å². The maximum atomic E-state index is 12.4. The quantitative estimate of drug-likeness (QED) is 0.672. The van der Waals surface area contributed by atoms with E-state index in [-0.39, 0.29) is 11.3 Å². The molecule has 1 atom stereocenters. The fraction of sp³-hybridized carbons (Fsp3) is 0.261. The van der Waals surface area contributed by atoms with E-state index in [0.29, 0.717) is 5.75 Å². The van der Waals surface area contributed by atoms with Gasteiger partial charge in [-0.3, -0.25) is 4.79 Å². The molecular weight excluding hydrogens is 322 g/mol. The Kier molecular flexibility index (Phi) is 4.99. The van der Waals surface area contributed by atoms with Gasteiger partial charge < -0.3 is 10.1 Å². The Balaban J connectivity index is 1.65. The third-order valence-corrected chi connectivity index (χ3v) is 4.42. The minimum Gasteiger partial charge on any atom is -0.481 e. The molecule has 0 bridgehead atoms. The molecular formula is C23H25NO2. The molecule has 0 heterocycles. The number of amides is 1. The van der Waals surface area contributed by atoms with Gasteiger partial charge >= 0.3 is 0 Å². The first-order chi connectivity index (χ1) is 12.3. The SMILES string of the molecule is C[C@H](Oc1ccc(C(C)(C)C)cc1)C(=O)Nc1ccc2ccccc2c1. The van der Waals surface area contributed by atoms with Crippen molar-refractivity contribution in [1.82, 2.24) is 0 Å². The van der Waals surface area contributed by atoms with Gasteiger partial charge in [0.1, 0.15) is 5.75 Å². The second kappa shape index (κ2) is 7.20. The number of carbonyl (C=O) groups excluding carboxylic acids is 1. The number of fused-ring (bicyclic) bond motifs is 1. The summed E-state index contributed by atoms with van der Waals surface area (Å²) < 4.78 is 5.79. The van der Waals surface area contributed by atoms with Crippen molar-refractivity contribution < 1.29 is 9.53 Å². The van der Waals surface area contributed by atoms with E-state index in [9.17, 15) is 4.79 Å². The van der Waals surface area contributed by atoms with Gasteiger partial charge in [-0.25, -0.2) is 0 Å². The summed E-state index contributed by atoms with van der Waals surface area (Å²) >= 11 is 0.